The Balaban J connectivity index is 1.78. The van der Waals surface area contributed by atoms with E-state index in [4.69, 9.17) is 5.11 Å². The first-order valence-electron chi connectivity index (χ1n) is 10.0. The number of rotatable bonds is 9. The lowest BCUT2D eigenvalue weighted by molar-refractivity contribution is -0.137. The number of aliphatic hydroxyl groups excluding tert-OH is 2. The van der Waals surface area contributed by atoms with Crippen LogP contribution in [0.1, 0.15) is 77.6 Å². The van der Waals surface area contributed by atoms with E-state index in [0.717, 1.165) is 38.5 Å². The summed E-state index contributed by atoms with van der Waals surface area (Å²) in [6.07, 6.45) is 5.58. The quantitative estimate of drug-likeness (QED) is 0.428. The first-order chi connectivity index (χ1) is 12.3. The Hall–Kier alpha value is -1.12. The summed E-state index contributed by atoms with van der Waals surface area (Å²) < 4.78 is 14.3. The average molecular weight is 368 g/mol. The molecule has 0 amide bonds. The molecular formula is C21H33FO4. The lowest BCUT2D eigenvalue weighted by atomic mass is 9.66. The highest BCUT2D eigenvalue weighted by atomic mass is 19.1. The highest BCUT2D eigenvalue weighted by molar-refractivity contribution is 5.66. The summed E-state index contributed by atoms with van der Waals surface area (Å²) in [5, 5.41) is 29.0. The van der Waals surface area contributed by atoms with Crippen LogP contribution in [0.4, 0.5) is 4.39 Å². The molecule has 2 rings (SSSR count). The van der Waals surface area contributed by atoms with Crippen molar-refractivity contribution < 1.29 is 24.5 Å². The molecule has 0 saturated heterocycles. The number of carbonyl (C=O) groups is 1. The fourth-order valence-corrected chi connectivity index (χ4v) is 4.22. The molecule has 0 aliphatic heterocycles. The summed E-state index contributed by atoms with van der Waals surface area (Å²) in [5.74, 6) is 4.68. The van der Waals surface area contributed by atoms with Crippen LogP contribution >= 0.6 is 0 Å². The molecule has 26 heavy (non-hydrogen) atoms. The number of aliphatic carboxylic acids is 1. The van der Waals surface area contributed by atoms with Crippen LogP contribution in [0.3, 0.4) is 0 Å². The van der Waals surface area contributed by atoms with Crippen molar-refractivity contribution in [2.75, 3.05) is 0 Å². The fraction of sp³-hybridized carbons (Fsp3) is 0.857. The van der Waals surface area contributed by atoms with Crippen LogP contribution in [0.5, 0.6) is 0 Å². The summed E-state index contributed by atoms with van der Waals surface area (Å²) in [6.45, 7) is 2.08. The molecule has 0 aromatic carbocycles. The molecule has 0 aromatic rings. The Morgan fingerprint density at radius 1 is 1.27 bits per heavy atom. The van der Waals surface area contributed by atoms with Crippen LogP contribution in [0.25, 0.3) is 0 Å². The number of unbranched alkanes of at least 4 members (excludes halogenated alkanes) is 3. The van der Waals surface area contributed by atoms with Crippen LogP contribution < -0.4 is 0 Å². The first-order valence-corrected chi connectivity index (χ1v) is 10.0. The van der Waals surface area contributed by atoms with Crippen LogP contribution in [0.15, 0.2) is 0 Å². The molecule has 2 aliphatic rings. The van der Waals surface area contributed by atoms with Crippen molar-refractivity contribution in [3.8, 4) is 11.8 Å². The minimum absolute atomic E-state index is 0.0268. The second-order valence-corrected chi connectivity index (χ2v) is 8.40. The van der Waals surface area contributed by atoms with Crippen molar-refractivity contribution in [1.82, 2.24) is 0 Å². The number of alkyl halides is 1. The molecular weight excluding hydrogens is 335 g/mol. The Morgan fingerprint density at radius 3 is 2.58 bits per heavy atom. The van der Waals surface area contributed by atoms with Crippen LogP contribution in [0.2, 0.25) is 0 Å². The normalized spacial score (nSPS) is 30.9. The van der Waals surface area contributed by atoms with Gasteiger partial charge in [-0.15, -0.1) is 5.92 Å². The van der Waals surface area contributed by atoms with E-state index in [1.807, 2.05) is 0 Å². The zero-order valence-electron chi connectivity index (χ0n) is 15.8. The molecule has 3 unspecified atom stereocenters. The van der Waals surface area contributed by atoms with Gasteiger partial charge in [0.15, 0.2) is 0 Å². The van der Waals surface area contributed by atoms with Gasteiger partial charge >= 0.3 is 5.97 Å². The Bertz CT molecular complexity index is 520. The Morgan fingerprint density at radius 2 is 1.96 bits per heavy atom. The van der Waals surface area contributed by atoms with Crippen molar-refractivity contribution in [2.45, 2.75) is 95.9 Å². The highest BCUT2D eigenvalue weighted by Gasteiger charge is 2.42. The van der Waals surface area contributed by atoms with Gasteiger partial charge in [0.1, 0.15) is 6.17 Å². The molecule has 0 radical (unpaired) electrons. The van der Waals surface area contributed by atoms with Crippen molar-refractivity contribution >= 4 is 5.97 Å². The lowest BCUT2D eigenvalue weighted by Crippen LogP contribution is -2.38. The van der Waals surface area contributed by atoms with Gasteiger partial charge in [0.05, 0.1) is 18.1 Å². The molecule has 0 heterocycles. The topological polar surface area (TPSA) is 77.8 Å². The third-order valence-corrected chi connectivity index (χ3v) is 6.35. The predicted molar refractivity (Wildman–Crippen MR) is 98.2 cm³/mol. The van der Waals surface area contributed by atoms with E-state index in [1.54, 1.807) is 0 Å². The van der Waals surface area contributed by atoms with E-state index < -0.39 is 24.3 Å². The number of hydrogen-bond donors (Lipinski definition) is 3. The number of hydrogen-bond acceptors (Lipinski definition) is 3. The highest BCUT2D eigenvalue weighted by Crippen LogP contribution is 2.44. The van der Waals surface area contributed by atoms with Gasteiger partial charge in [-0.1, -0.05) is 38.5 Å². The van der Waals surface area contributed by atoms with Crippen LogP contribution in [0, 0.1) is 29.1 Å². The number of carboxylic acid groups (broad SMARTS) is 1. The molecule has 3 N–H and O–H groups in total. The Kier molecular flexibility index (Phi) is 7.91. The molecule has 0 bridgehead atoms. The lowest BCUT2D eigenvalue weighted by Gasteiger charge is -2.41. The van der Waals surface area contributed by atoms with Gasteiger partial charge in [-0.25, -0.2) is 4.39 Å². The average Bonchev–Trinajstić information content (AvgIpc) is 2.81. The van der Waals surface area contributed by atoms with Crippen molar-refractivity contribution in [1.29, 1.82) is 0 Å². The van der Waals surface area contributed by atoms with E-state index in [-0.39, 0.29) is 30.1 Å². The second-order valence-electron chi connectivity index (χ2n) is 8.40. The third kappa shape index (κ3) is 5.69. The fourth-order valence-electron chi connectivity index (χ4n) is 4.22. The summed E-state index contributed by atoms with van der Waals surface area (Å²) in [7, 11) is 0. The third-order valence-electron chi connectivity index (χ3n) is 6.35. The molecule has 0 spiro atoms. The molecule has 5 atom stereocenters. The minimum atomic E-state index is -1.03. The van der Waals surface area contributed by atoms with E-state index in [2.05, 4.69) is 18.8 Å². The van der Waals surface area contributed by atoms with Crippen molar-refractivity contribution in [2.24, 2.45) is 17.3 Å². The predicted octanol–water partition coefficient (Wildman–Crippen LogP) is 3.69. The van der Waals surface area contributed by atoms with Crippen molar-refractivity contribution in [3.05, 3.63) is 0 Å². The summed E-state index contributed by atoms with van der Waals surface area (Å²) in [4.78, 5) is 10.5. The molecule has 0 aromatic heterocycles. The summed E-state index contributed by atoms with van der Waals surface area (Å²) >= 11 is 0. The van der Waals surface area contributed by atoms with Crippen LogP contribution in [-0.4, -0.2) is 39.7 Å². The molecule has 148 valence electrons. The number of halogens is 1. The zero-order valence-corrected chi connectivity index (χ0v) is 15.8. The van der Waals surface area contributed by atoms with Crippen LogP contribution in [-0.2, 0) is 4.79 Å². The van der Waals surface area contributed by atoms with Gasteiger partial charge in [0.25, 0.3) is 0 Å². The maximum atomic E-state index is 14.3. The first kappa shape index (κ1) is 21.2. The standard InChI is InChI=1S/C21H33FO4/c1-21(12-7-13-21)19(24)10-6-9-16-15(17(22)14-18(16)23)8-4-2-3-5-11-20(25)26/h15-19,23-24H,2-5,7-8,10-14H2,1H3,(H,25,26)/t15-,16-,17?,18?,19?/m1/s1. The summed E-state index contributed by atoms with van der Waals surface area (Å²) in [6, 6.07) is 0. The van der Waals surface area contributed by atoms with E-state index in [1.165, 1.54) is 0 Å². The van der Waals surface area contributed by atoms with E-state index >= 15 is 0 Å². The van der Waals surface area contributed by atoms with Gasteiger partial charge in [0, 0.05) is 25.2 Å². The monoisotopic (exact) mass is 368 g/mol. The summed E-state index contributed by atoms with van der Waals surface area (Å²) in [5.41, 5.74) is -0.0268. The second kappa shape index (κ2) is 9.71. The van der Waals surface area contributed by atoms with Gasteiger partial charge in [-0.05, 0) is 31.1 Å². The molecule has 4 nitrogen and oxygen atoms in total. The molecule has 2 aliphatic carbocycles. The smallest absolute Gasteiger partial charge is 0.303 e. The van der Waals surface area contributed by atoms with Gasteiger partial charge in [-0.3, -0.25) is 4.79 Å². The molecule has 2 fully saturated rings. The van der Waals surface area contributed by atoms with E-state index in [9.17, 15) is 19.4 Å². The number of aliphatic hydroxyl groups is 2. The SMILES string of the molecule is CC1(C(O)CC#C[C@H]2C(O)CC(F)[C@@H]2CCCCCCC(=O)O)CCC1. The zero-order chi connectivity index (χ0) is 19.2. The maximum Gasteiger partial charge on any atom is 0.303 e. The number of carboxylic acids is 1. The molecule has 5 heteroatoms. The Labute approximate surface area is 156 Å². The molecule has 2 saturated carbocycles. The van der Waals surface area contributed by atoms with Gasteiger partial charge in [-0.2, -0.15) is 0 Å². The maximum absolute atomic E-state index is 14.3. The largest absolute Gasteiger partial charge is 0.481 e. The van der Waals surface area contributed by atoms with Crippen molar-refractivity contribution in [3.63, 3.8) is 0 Å². The van der Waals surface area contributed by atoms with Gasteiger partial charge in [0.2, 0.25) is 0 Å². The minimum Gasteiger partial charge on any atom is -0.481 e. The van der Waals surface area contributed by atoms with Gasteiger partial charge < -0.3 is 15.3 Å². The van der Waals surface area contributed by atoms with E-state index in [0.29, 0.717) is 19.3 Å².